The van der Waals surface area contributed by atoms with Gasteiger partial charge in [0.15, 0.2) is 0 Å². The van der Waals surface area contributed by atoms with Gasteiger partial charge in [0.05, 0.1) is 31.3 Å². The fraction of sp³-hybridized carbons (Fsp3) is 0.333. The molecule has 1 unspecified atom stereocenters. The largest absolute Gasteiger partial charge is 0.495 e. The summed E-state index contributed by atoms with van der Waals surface area (Å²) in [6.07, 6.45) is 1.83. The van der Waals surface area contributed by atoms with Crippen LogP contribution in [0.5, 0.6) is 11.5 Å². The Balaban J connectivity index is 1.68. The Labute approximate surface area is 172 Å². The molecule has 1 aromatic heterocycles. The van der Waals surface area contributed by atoms with Crippen LogP contribution in [0.1, 0.15) is 40.6 Å². The van der Waals surface area contributed by atoms with Gasteiger partial charge < -0.3 is 19.4 Å². The Morgan fingerprint density at radius 1 is 1.21 bits per heavy atom. The second kappa shape index (κ2) is 7.47. The van der Waals surface area contributed by atoms with Gasteiger partial charge in [-0.25, -0.2) is 4.98 Å². The van der Waals surface area contributed by atoms with Gasteiger partial charge in [-0.2, -0.15) is 0 Å². The van der Waals surface area contributed by atoms with Gasteiger partial charge in [-0.3, -0.25) is 4.79 Å². The number of likely N-dealkylation sites (tertiary alicyclic amines) is 1. The topological polar surface area (TPSA) is 67.5 Å². The highest BCUT2D eigenvalue weighted by Gasteiger charge is 2.33. The Hall–Kier alpha value is -2.54. The molecule has 1 amide bonds. The summed E-state index contributed by atoms with van der Waals surface area (Å²) < 4.78 is 11.5. The van der Waals surface area contributed by atoms with E-state index in [0.29, 0.717) is 28.1 Å². The molecular formula is C21H22BrN3O3. The summed E-state index contributed by atoms with van der Waals surface area (Å²) in [5, 5.41) is 0. The molecule has 1 N–H and O–H groups in total. The van der Waals surface area contributed by atoms with Crippen molar-refractivity contribution in [1.82, 2.24) is 14.9 Å². The van der Waals surface area contributed by atoms with Gasteiger partial charge in [0, 0.05) is 12.1 Å². The van der Waals surface area contributed by atoms with E-state index in [0.717, 1.165) is 29.7 Å². The van der Waals surface area contributed by atoms with E-state index < -0.39 is 0 Å². The van der Waals surface area contributed by atoms with E-state index in [1.165, 1.54) is 5.56 Å². The van der Waals surface area contributed by atoms with Gasteiger partial charge in [0.1, 0.15) is 21.8 Å². The van der Waals surface area contributed by atoms with Gasteiger partial charge in [0.2, 0.25) is 0 Å². The van der Waals surface area contributed by atoms with Crippen molar-refractivity contribution >= 4 is 32.9 Å². The highest BCUT2D eigenvalue weighted by Crippen LogP contribution is 2.38. The lowest BCUT2D eigenvalue weighted by Gasteiger charge is -2.24. The molecule has 2 aromatic carbocycles. The van der Waals surface area contributed by atoms with E-state index in [2.05, 4.69) is 33.9 Å². The maximum absolute atomic E-state index is 13.3. The number of imidazole rings is 1. The average molecular weight is 444 g/mol. The quantitative estimate of drug-likeness (QED) is 0.638. The van der Waals surface area contributed by atoms with Gasteiger partial charge in [-0.15, -0.1) is 0 Å². The molecule has 0 spiro atoms. The number of hydrogen-bond donors (Lipinski definition) is 1. The number of ether oxygens (including phenoxy) is 2. The van der Waals surface area contributed by atoms with Crippen molar-refractivity contribution in [3.05, 3.63) is 51.8 Å². The number of carbonyl (C=O) groups is 1. The summed E-state index contributed by atoms with van der Waals surface area (Å²) in [5.41, 5.74) is 3.64. The van der Waals surface area contributed by atoms with Crippen LogP contribution in [0, 0.1) is 6.92 Å². The number of aromatic amines is 1. The number of aromatic nitrogens is 2. The number of fused-ring (bicyclic) bond motifs is 1. The van der Waals surface area contributed by atoms with E-state index in [1.807, 2.05) is 17.0 Å². The van der Waals surface area contributed by atoms with Crippen LogP contribution in [0.2, 0.25) is 0 Å². The summed E-state index contributed by atoms with van der Waals surface area (Å²) >= 11 is 3.45. The minimum atomic E-state index is -0.0687. The zero-order chi connectivity index (χ0) is 19.8. The van der Waals surface area contributed by atoms with Crippen molar-refractivity contribution in [3.8, 4) is 11.5 Å². The van der Waals surface area contributed by atoms with Crippen LogP contribution >= 0.6 is 15.9 Å². The summed E-state index contributed by atoms with van der Waals surface area (Å²) in [6.45, 7) is 2.75. The summed E-state index contributed by atoms with van der Waals surface area (Å²) in [4.78, 5) is 23.3. The fourth-order valence-corrected chi connectivity index (χ4v) is 4.31. The van der Waals surface area contributed by atoms with Gasteiger partial charge >= 0.3 is 0 Å². The molecule has 1 saturated heterocycles. The molecule has 6 nitrogen and oxygen atoms in total. The first-order chi connectivity index (χ1) is 13.5. The fourth-order valence-electron chi connectivity index (χ4n) is 3.75. The molecule has 0 bridgehead atoms. The van der Waals surface area contributed by atoms with Gasteiger partial charge in [-0.1, -0.05) is 6.07 Å². The molecule has 0 aliphatic carbocycles. The second-order valence-corrected chi connectivity index (χ2v) is 7.79. The van der Waals surface area contributed by atoms with E-state index in [1.54, 1.807) is 26.4 Å². The van der Waals surface area contributed by atoms with Crippen LogP contribution in [0.3, 0.4) is 0 Å². The first-order valence-corrected chi connectivity index (χ1v) is 10.00. The molecule has 3 aromatic rings. The lowest BCUT2D eigenvalue weighted by Crippen LogP contribution is -2.31. The lowest BCUT2D eigenvalue weighted by molar-refractivity contribution is 0.0729. The van der Waals surface area contributed by atoms with Gasteiger partial charge in [0.25, 0.3) is 5.91 Å². The highest BCUT2D eigenvalue weighted by atomic mass is 79.9. The van der Waals surface area contributed by atoms with Crippen LogP contribution < -0.4 is 9.47 Å². The number of H-pyrrole nitrogens is 1. The minimum absolute atomic E-state index is 0.0526. The van der Waals surface area contributed by atoms with Crippen LogP contribution in [0.4, 0.5) is 0 Å². The summed E-state index contributed by atoms with van der Waals surface area (Å²) in [6, 6.07) is 9.55. The highest BCUT2D eigenvalue weighted by molar-refractivity contribution is 9.10. The van der Waals surface area contributed by atoms with Crippen LogP contribution in [-0.4, -0.2) is 41.5 Å². The molecular weight excluding hydrogens is 422 g/mol. The third kappa shape index (κ3) is 3.24. The Kier molecular flexibility index (Phi) is 5.02. The van der Waals surface area contributed by atoms with Crippen molar-refractivity contribution in [3.63, 3.8) is 0 Å². The predicted octanol–water partition coefficient (Wildman–Crippen LogP) is 4.63. The third-order valence-electron chi connectivity index (χ3n) is 5.18. The second-order valence-electron chi connectivity index (χ2n) is 6.99. The molecule has 1 atom stereocenters. The van der Waals surface area contributed by atoms with Crippen molar-refractivity contribution in [1.29, 1.82) is 0 Å². The number of amides is 1. The van der Waals surface area contributed by atoms with Crippen LogP contribution in [0.15, 0.2) is 34.8 Å². The van der Waals surface area contributed by atoms with Crippen molar-refractivity contribution < 1.29 is 14.3 Å². The van der Waals surface area contributed by atoms with Crippen molar-refractivity contribution in [2.75, 3.05) is 20.8 Å². The number of methoxy groups -OCH3 is 2. The number of nitrogens with one attached hydrogen (secondary N) is 1. The molecule has 1 aliphatic heterocycles. The molecule has 1 fully saturated rings. The zero-order valence-corrected chi connectivity index (χ0v) is 17.7. The molecule has 1 aliphatic rings. The Morgan fingerprint density at radius 3 is 2.61 bits per heavy atom. The molecule has 4 rings (SSSR count). The third-order valence-corrected chi connectivity index (χ3v) is 5.96. The first-order valence-electron chi connectivity index (χ1n) is 9.20. The molecule has 2 heterocycles. The minimum Gasteiger partial charge on any atom is -0.495 e. The van der Waals surface area contributed by atoms with E-state index in [4.69, 9.17) is 14.5 Å². The van der Waals surface area contributed by atoms with E-state index >= 15 is 0 Å². The van der Waals surface area contributed by atoms with Gasteiger partial charge in [-0.05, 0) is 65.5 Å². The molecule has 0 saturated carbocycles. The number of nitrogens with zero attached hydrogens (tertiary/aromatic N) is 2. The molecule has 28 heavy (non-hydrogen) atoms. The van der Waals surface area contributed by atoms with E-state index in [9.17, 15) is 4.79 Å². The van der Waals surface area contributed by atoms with Crippen molar-refractivity contribution in [2.45, 2.75) is 25.8 Å². The number of carbonyl (C=O) groups excluding carboxylic acids is 1. The monoisotopic (exact) mass is 443 g/mol. The number of hydrogen-bond acceptors (Lipinski definition) is 4. The maximum atomic E-state index is 13.3. The SMILES string of the molecule is COc1cc(C(=O)N2CCCC2c2nc3ccc(C)cc3[nH]2)cc(OC)c1Br. The first kappa shape index (κ1) is 18.8. The number of rotatable bonds is 4. The predicted molar refractivity (Wildman–Crippen MR) is 111 cm³/mol. The number of aryl methyl sites for hydroxylation is 1. The lowest BCUT2D eigenvalue weighted by atomic mass is 10.1. The van der Waals surface area contributed by atoms with Crippen LogP contribution in [-0.2, 0) is 0 Å². The van der Waals surface area contributed by atoms with Crippen molar-refractivity contribution in [2.24, 2.45) is 0 Å². The smallest absolute Gasteiger partial charge is 0.254 e. The molecule has 0 radical (unpaired) electrons. The standard InChI is InChI=1S/C21H22BrN3O3/c1-12-6-7-14-15(9-12)24-20(23-14)16-5-4-8-25(16)21(26)13-10-17(27-2)19(22)18(11-13)28-3/h6-7,9-11,16H,4-5,8H2,1-3H3,(H,23,24). The van der Waals surface area contributed by atoms with Crippen LogP contribution in [0.25, 0.3) is 11.0 Å². The maximum Gasteiger partial charge on any atom is 0.254 e. The number of benzene rings is 2. The van der Waals surface area contributed by atoms with E-state index in [-0.39, 0.29) is 11.9 Å². The molecule has 7 heteroatoms. The Bertz CT molecular complexity index is 1020. The summed E-state index contributed by atoms with van der Waals surface area (Å²) in [5.74, 6) is 1.92. The normalized spacial score (nSPS) is 16.6. The summed E-state index contributed by atoms with van der Waals surface area (Å²) in [7, 11) is 3.14. The Morgan fingerprint density at radius 2 is 1.93 bits per heavy atom. The zero-order valence-electron chi connectivity index (χ0n) is 16.1. The number of halogens is 1. The average Bonchev–Trinajstić information content (AvgIpc) is 3.33. The molecule has 146 valence electrons.